The predicted molar refractivity (Wildman–Crippen MR) is 197 cm³/mol. The average Bonchev–Trinajstić information content (AvgIpc) is 3.69. The molecule has 7 rings (SSSR count). The molecule has 1 heterocycles. The summed E-state index contributed by atoms with van der Waals surface area (Å²) in [5.41, 5.74) is 3.07. The van der Waals surface area contributed by atoms with Gasteiger partial charge in [0, 0.05) is 10.5 Å². The van der Waals surface area contributed by atoms with Crippen molar-refractivity contribution in [1.82, 2.24) is 0 Å². The van der Waals surface area contributed by atoms with E-state index in [0.29, 0.717) is 10.8 Å². The van der Waals surface area contributed by atoms with Crippen molar-refractivity contribution in [3.63, 3.8) is 0 Å². The molecule has 6 saturated carbocycles. The second-order valence-corrected chi connectivity index (χ2v) is 28.0. The maximum absolute atomic E-state index is 3.00. The highest BCUT2D eigenvalue weighted by atomic mass is 32.2. The Balaban J connectivity index is 1.21. The van der Waals surface area contributed by atoms with Crippen molar-refractivity contribution in [2.24, 2.45) is 87.8 Å². The Morgan fingerprint density at radius 1 is 0.545 bits per heavy atom. The minimum Gasteiger partial charge on any atom is -0.154 e. The quantitative estimate of drug-likeness (QED) is 0.277. The summed E-state index contributed by atoms with van der Waals surface area (Å²) in [4.78, 5) is 0. The van der Waals surface area contributed by atoms with E-state index in [1.807, 2.05) is 0 Å². The maximum Gasteiger partial charge on any atom is 0.0547 e. The van der Waals surface area contributed by atoms with Crippen molar-refractivity contribution in [3.05, 3.63) is 0 Å². The molecule has 16 unspecified atom stereocenters. The van der Waals surface area contributed by atoms with Gasteiger partial charge in [0.05, 0.1) is 8.07 Å². The van der Waals surface area contributed by atoms with E-state index in [-0.39, 0.29) is 0 Å². The van der Waals surface area contributed by atoms with Crippen LogP contribution in [0.25, 0.3) is 0 Å². The smallest absolute Gasteiger partial charge is 0.0547 e. The van der Waals surface area contributed by atoms with Crippen LogP contribution in [0.2, 0.25) is 24.2 Å². The molecule has 2 heteroatoms. The molecule has 0 spiro atoms. The van der Waals surface area contributed by atoms with Crippen molar-refractivity contribution < 1.29 is 0 Å². The zero-order valence-electron chi connectivity index (χ0n) is 31.2. The Labute approximate surface area is 280 Å². The molecular weight excluding hydrogens is 565 g/mol. The van der Waals surface area contributed by atoms with Gasteiger partial charge in [-0.15, -0.1) is 0 Å². The fourth-order valence-corrected chi connectivity index (χ4v) is 24.5. The topological polar surface area (TPSA) is 0 Å². The molecule has 0 nitrogen and oxygen atoms in total. The molecule has 1 saturated heterocycles. The number of fused-ring (bicyclic) bond motifs is 5. The minimum absolute atomic E-state index is 0.452. The van der Waals surface area contributed by atoms with Crippen LogP contribution in [0.4, 0.5) is 0 Å². The van der Waals surface area contributed by atoms with Crippen molar-refractivity contribution in [1.29, 1.82) is 0 Å². The van der Waals surface area contributed by atoms with Crippen LogP contribution in [0, 0.1) is 87.8 Å². The van der Waals surface area contributed by atoms with Gasteiger partial charge in [-0.2, -0.15) is 11.8 Å². The maximum atomic E-state index is 3.00. The second kappa shape index (κ2) is 11.6. The Bertz CT molecular complexity index is 1010. The first kappa shape index (κ1) is 33.1. The van der Waals surface area contributed by atoms with E-state index in [2.05, 4.69) is 87.2 Å². The number of rotatable bonds is 3. The van der Waals surface area contributed by atoms with Crippen molar-refractivity contribution >= 4 is 19.8 Å². The van der Waals surface area contributed by atoms with E-state index in [4.69, 9.17) is 0 Å². The van der Waals surface area contributed by atoms with Crippen LogP contribution >= 0.6 is 11.8 Å². The van der Waals surface area contributed by atoms with Crippen molar-refractivity contribution in [2.45, 2.75) is 174 Å². The van der Waals surface area contributed by atoms with E-state index in [1.165, 1.54) is 19.3 Å². The lowest BCUT2D eigenvalue weighted by Gasteiger charge is -2.54. The third kappa shape index (κ3) is 5.32. The fraction of sp³-hybridized carbons (Fsp3) is 1.00. The highest BCUT2D eigenvalue weighted by molar-refractivity contribution is 8.00. The molecule has 7 fully saturated rings. The molecule has 44 heavy (non-hydrogen) atoms. The highest BCUT2D eigenvalue weighted by Gasteiger charge is 2.65. The first-order chi connectivity index (χ1) is 20.6. The monoisotopic (exact) mass is 639 g/mol. The third-order valence-electron chi connectivity index (χ3n) is 17.3. The predicted octanol–water partition coefficient (Wildman–Crippen LogP) is 12.8. The molecule has 0 amide bonds. The normalized spacial score (nSPS) is 52.8. The zero-order chi connectivity index (χ0) is 31.5. The largest absolute Gasteiger partial charge is 0.154 e. The van der Waals surface area contributed by atoms with E-state index >= 15 is 0 Å². The summed E-state index contributed by atoms with van der Waals surface area (Å²) in [7, 11) is -1.50. The molecule has 0 N–H and O–H groups in total. The first-order valence-corrected chi connectivity index (χ1v) is 24.3. The summed E-state index contributed by atoms with van der Waals surface area (Å²) in [6.45, 7) is 29.8. The highest BCUT2D eigenvalue weighted by Crippen LogP contribution is 2.72. The summed E-state index contributed by atoms with van der Waals surface area (Å²) in [6, 6.07) is 0. The minimum atomic E-state index is -1.50. The SMILES string of the molecule is CC1CC2C(CC3CCCC3C2C2CC(C(C)(C)C)CC(C(C)(C)C)C2)C1[Si](C)(C)C1C(C)C(C)C2SC3CCCCC3C21. The molecule has 1 aliphatic heterocycles. The lowest BCUT2D eigenvalue weighted by atomic mass is 9.52. The van der Waals surface area contributed by atoms with Crippen LogP contribution in [-0.2, 0) is 0 Å². The summed E-state index contributed by atoms with van der Waals surface area (Å²) in [6.07, 6.45) is 18.7. The number of hydrogen-bond acceptors (Lipinski definition) is 1. The number of hydrogen-bond donors (Lipinski definition) is 0. The molecule has 0 aromatic rings. The molecule has 7 aliphatic rings. The van der Waals surface area contributed by atoms with Gasteiger partial charge in [-0.25, -0.2) is 0 Å². The fourth-order valence-electron chi connectivity index (χ4n) is 15.4. The summed E-state index contributed by atoms with van der Waals surface area (Å²) < 4.78 is 0. The standard InChI is InChI=1S/C42H74SSi/c1-24-19-33-34(39(24)44(10,11)40-26(3)25(2)38-37(40)32-16-12-13-18-35(32)43-38)22-27-15-14-17-31(27)36(33)28-20-29(41(4,5)6)23-30(21-28)42(7,8)9/h24-40H,12-23H2,1-11H3. The molecule has 0 radical (unpaired) electrons. The molecule has 6 aliphatic carbocycles. The molecular formula is C42H74SSi. The van der Waals surface area contributed by atoms with Crippen LogP contribution in [0.1, 0.15) is 139 Å². The van der Waals surface area contributed by atoms with Crippen LogP contribution < -0.4 is 0 Å². The summed E-state index contributed by atoms with van der Waals surface area (Å²) in [5, 5.41) is 2.01. The van der Waals surface area contributed by atoms with E-state index < -0.39 is 8.07 Å². The Morgan fingerprint density at radius 3 is 1.84 bits per heavy atom. The second-order valence-electron chi connectivity index (χ2n) is 21.6. The van der Waals surface area contributed by atoms with Gasteiger partial charge in [0.25, 0.3) is 0 Å². The van der Waals surface area contributed by atoms with Crippen LogP contribution in [0.15, 0.2) is 0 Å². The van der Waals surface area contributed by atoms with Crippen LogP contribution in [-0.4, -0.2) is 18.6 Å². The van der Waals surface area contributed by atoms with Gasteiger partial charge in [-0.1, -0.05) is 101 Å². The van der Waals surface area contributed by atoms with Gasteiger partial charge in [-0.05, 0) is 150 Å². The lowest BCUT2D eigenvalue weighted by molar-refractivity contribution is -0.0360. The lowest BCUT2D eigenvalue weighted by Crippen LogP contribution is -2.50. The van der Waals surface area contributed by atoms with Crippen LogP contribution in [0.5, 0.6) is 0 Å². The van der Waals surface area contributed by atoms with E-state index in [9.17, 15) is 0 Å². The van der Waals surface area contributed by atoms with Gasteiger partial charge in [0.2, 0.25) is 0 Å². The zero-order valence-corrected chi connectivity index (χ0v) is 33.0. The van der Waals surface area contributed by atoms with Gasteiger partial charge < -0.3 is 0 Å². The molecule has 0 aromatic carbocycles. The Morgan fingerprint density at radius 2 is 1.18 bits per heavy atom. The molecule has 0 bridgehead atoms. The van der Waals surface area contributed by atoms with E-state index in [0.717, 1.165) is 98.5 Å². The van der Waals surface area contributed by atoms with Gasteiger partial charge in [-0.3, -0.25) is 0 Å². The summed E-state index contributed by atoms with van der Waals surface area (Å²) >= 11 is 2.52. The van der Waals surface area contributed by atoms with Crippen LogP contribution in [0.3, 0.4) is 0 Å². The Kier molecular flexibility index (Phi) is 8.71. The Hall–Kier alpha value is 0.567. The summed E-state index contributed by atoms with van der Waals surface area (Å²) in [5.74, 6) is 13.1. The molecule has 0 aromatic heterocycles. The van der Waals surface area contributed by atoms with Gasteiger partial charge >= 0.3 is 0 Å². The molecule has 16 atom stereocenters. The van der Waals surface area contributed by atoms with Crippen molar-refractivity contribution in [3.8, 4) is 0 Å². The van der Waals surface area contributed by atoms with E-state index in [1.54, 1.807) is 57.8 Å². The van der Waals surface area contributed by atoms with Gasteiger partial charge in [0.1, 0.15) is 0 Å². The third-order valence-corrected chi connectivity index (χ3v) is 24.6. The number of thioether (sulfide) groups is 1. The molecule has 252 valence electrons. The van der Waals surface area contributed by atoms with Gasteiger partial charge in [0.15, 0.2) is 0 Å². The van der Waals surface area contributed by atoms with Crippen molar-refractivity contribution in [2.75, 3.05) is 0 Å². The first-order valence-electron chi connectivity index (χ1n) is 20.2. The average molecular weight is 639 g/mol.